The number of rotatable bonds is 3. The molecule has 0 atom stereocenters. The minimum atomic E-state index is 0.0553. The Balaban J connectivity index is 3.52. The van der Waals surface area contributed by atoms with Gasteiger partial charge in [0.25, 0.3) is 0 Å². The Morgan fingerprint density at radius 3 is 2.28 bits per heavy atom. The summed E-state index contributed by atoms with van der Waals surface area (Å²) in [7, 11) is 0. The van der Waals surface area contributed by atoms with Gasteiger partial charge in [-0.05, 0) is 43.8 Å². The highest BCUT2D eigenvalue weighted by Gasteiger charge is 2.22. The molecule has 1 aliphatic carbocycles. The van der Waals surface area contributed by atoms with E-state index in [1.165, 1.54) is 16.7 Å². The molecule has 0 aromatic heterocycles. The van der Waals surface area contributed by atoms with Crippen LogP contribution in [-0.4, -0.2) is 5.71 Å². The predicted octanol–water partition coefficient (Wildman–Crippen LogP) is 5.23. The lowest BCUT2D eigenvalue weighted by Crippen LogP contribution is -2.11. The van der Waals surface area contributed by atoms with Gasteiger partial charge in [-0.3, -0.25) is 4.99 Å². The summed E-state index contributed by atoms with van der Waals surface area (Å²) in [5.74, 6) is 0. The average Bonchev–Trinajstić information content (AvgIpc) is 2.61. The van der Waals surface area contributed by atoms with Crippen LogP contribution >= 0.6 is 0 Å². The van der Waals surface area contributed by atoms with Crippen molar-refractivity contribution in [2.24, 2.45) is 10.4 Å². The van der Waals surface area contributed by atoms with Gasteiger partial charge in [-0.1, -0.05) is 51.2 Å². The Kier molecular flexibility index (Phi) is 4.50. The third-order valence-electron chi connectivity index (χ3n) is 3.03. The van der Waals surface area contributed by atoms with Gasteiger partial charge in [-0.15, -0.1) is 0 Å². The molecule has 98 valence electrons. The van der Waals surface area contributed by atoms with Crippen molar-refractivity contribution in [1.82, 2.24) is 0 Å². The number of nitrogens with zero attached hydrogens (tertiary/aromatic N) is 1. The van der Waals surface area contributed by atoms with E-state index in [1.807, 2.05) is 19.9 Å². The van der Waals surface area contributed by atoms with Crippen molar-refractivity contribution < 1.29 is 0 Å². The van der Waals surface area contributed by atoms with Crippen LogP contribution in [0, 0.1) is 5.41 Å². The molecule has 0 fully saturated rings. The fourth-order valence-corrected chi connectivity index (χ4v) is 2.13. The molecule has 0 radical (unpaired) electrons. The van der Waals surface area contributed by atoms with Gasteiger partial charge in [0.15, 0.2) is 0 Å². The number of aliphatic imine (C=N–C) groups is 1. The summed E-state index contributed by atoms with van der Waals surface area (Å²) in [6.45, 7) is 16.9. The number of hydrogen-bond donors (Lipinski definition) is 0. The summed E-state index contributed by atoms with van der Waals surface area (Å²) in [4.78, 5) is 4.76. The Morgan fingerprint density at radius 1 is 1.33 bits per heavy atom. The van der Waals surface area contributed by atoms with E-state index >= 15 is 0 Å². The van der Waals surface area contributed by atoms with Gasteiger partial charge in [0.05, 0.1) is 5.70 Å². The molecular formula is C17H25N. The van der Waals surface area contributed by atoms with E-state index in [9.17, 15) is 0 Å². The van der Waals surface area contributed by atoms with Gasteiger partial charge in [0.2, 0.25) is 0 Å². The Morgan fingerprint density at radius 2 is 1.94 bits per heavy atom. The molecule has 18 heavy (non-hydrogen) atoms. The average molecular weight is 243 g/mol. The molecule has 0 unspecified atom stereocenters. The molecule has 0 heterocycles. The molecule has 1 rings (SSSR count). The quantitative estimate of drug-likeness (QED) is 0.475. The van der Waals surface area contributed by atoms with Crippen LogP contribution in [0.4, 0.5) is 0 Å². The predicted molar refractivity (Wildman–Crippen MR) is 81.9 cm³/mol. The highest BCUT2D eigenvalue weighted by Crippen LogP contribution is 2.36. The summed E-state index contributed by atoms with van der Waals surface area (Å²) in [6.07, 6.45) is 7.38. The highest BCUT2D eigenvalue weighted by atomic mass is 14.8. The lowest BCUT2D eigenvalue weighted by Gasteiger charge is -2.23. The molecule has 0 aliphatic heterocycles. The van der Waals surface area contributed by atoms with Crippen molar-refractivity contribution in [2.75, 3.05) is 0 Å². The zero-order valence-corrected chi connectivity index (χ0v) is 12.6. The van der Waals surface area contributed by atoms with Crippen molar-refractivity contribution in [1.29, 1.82) is 0 Å². The van der Waals surface area contributed by atoms with E-state index in [2.05, 4.69) is 46.4 Å². The Hall–Kier alpha value is -1.37. The van der Waals surface area contributed by atoms with Crippen LogP contribution in [0.5, 0.6) is 0 Å². The third kappa shape index (κ3) is 3.32. The normalized spacial score (nSPS) is 16.8. The molecular weight excluding hydrogens is 218 g/mol. The molecule has 0 saturated heterocycles. The fourth-order valence-electron chi connectivity index (χ4n) is 2.13. The van der Waals surface area contributed by atoms with E-state index in [0.29, 0.717) is 0 Å². The SMILES string of the molecule is C=C/C(=C(\N=C(C)C)C1=C(C)CC=C1)C(C)(C)C. The molecule has 0 bridgehead atoms. The van der Waals surface area contributed by atoms with Crippen molar-refractivity contribution in [3.05, 3.63) is 47.2 Å². The first-order valence-corrected chi connectivity index (χ1v) is 6.53. The number of hydrogen-bond acceptors (Lipinski definition) is 1. The maximum absolute atomic E-state index is 4.76. The Labute approximate surface area is 112 Å². The fraction of sp³-hybridized carbons (Fsp3) is 0.471. The van der Waals surface area contributed by atoms with E-state index in [4.69, 9.17) is 4.99 Å². The second-order valence-corrected chi connectivity index (χ2v) is 6.08. The minimum Gasteiger partial charge on any atom is -0.257 e. The van der Waals surface area contributed by atoms with Gasteiger partial charge in [-0.25, -0.2) is 0 Å². The van der Waals surface area contributed by atoms with Crippen LogP contribution in [0.3, 0.4) is 0 Å². The van der Waals surface area contributed by atoms with E-state index in [1.54, 1.807) is 0 Å². The zero-order valence-electron chi connectivity index (χ0n) is 12.6. The molecule has 1 aliphatic rings. The second-order valence-electron chi connectivity index (χ2n) is 6.08. The largest absolute Gasteiger partial charge is 0.257 e. The molecule has 0 saturated carbocycles. The monoisotopic (exact) mass is 243 g/mol. The van der Waals surface area contributed by atoms with Crippen LogP contribution < -0.4 is 0 Å². The van der Waals surface area contributed by atoms with Crippen LogP contribution in [0.1, 0.15) is 48.0 Å². The van der Waals surface area contributed by atoms with Crippen LogP contribution in [0.2, 0.25) is 0 Å². The topological polar surface area (TPSA) is 12.4 Å². The van der Waals surface area contributed by atoms with Crippen LogP contribution in [0.15, 0.2) is 52.2 Å². The first-order chi connectivity index (χ1) is 8.27. The van der Waals surface area contributed by atoms with Gasteiger partial charge < -0.3 is 0 Å². The molecule has 0 spiro atoms. The molecule has 0 aromatic carbocycles. The Bertz CT molecular complexity index is 458. The van der Waals surface area contributed by atoms with Gasteiger partial charge in [0.1, 0.15) is 0 Å². The van der Waals surface area contributed by atoms with Crippen molar-refractivity contribution >= 4 is 5.71 Å². The van der Waals surface area contributed by atoms with Crippen molar-refractivity contribution in [3.63, 3.8) is 0 Å². The molecule has 0 N–H and O–H groups in total. The summed E-state index contributed by atoms with van der Waals surface area (Å²) in [6, 6.07) is 0. The van der Waals surface area contributed by atoms with Crippen LogP contribution in [-0.2, 0) is 0 Å². The van der Waals surface area contributed by atoms with E-state index in [-0.39, 0.29) is 5.41 Å². The van der Waals surface area contributed by atoms with Gasteiger partial charge in [0, 0.05) is 5.71 Å². The minimum absolute atomic E-state index is 0.0553. The first kappa shape index (κ1) is 14.7. The lowest BCUT2D eigenvalue weighted by molar-refractivity contribution is 0.512. The second kappa shape index (κ2) is 5.51. The standard InChI is InChI=1S/C17H25N/c1-8-15(17(5,6)7)16(18-12(2)3)14-11-9-10-13(14)4/h8-9,11H,1,10H2,2-7H3/b16-15+. The first-order valence-electron chi connectivity index (χ1n) is 6.53. The summed E-state index contributed by atoms with van der Waals surface area (Å²) < 4.78 is 0. The zero-order chi connectivity index (χ0) is 13.9. The highest BCUT2D eigenvalue weighted by molar-refractivity contribution is 5.81. The van der Waals surface area contributed by atoms with Gasteiger partial charge >= 0.3 is 0 Å². The summed E-state index contributed by atoms with van der Waals surface area (Å²) in [5.41, 5.74) is 6.09. The van der Waals surface area contributed by atoms with Crippen molar-refractivity contribution in [3.8, 4) is 0 Å². The summed E-state index contributed by atoms with van der Waals surface area (Å²) >= 11 is 0. The van der Waals surface area contributed by atoms with E-state index in [0.717, 1.165) is 17.8 Å². The van der Waals surface area contributed by atoms with Gasteiger partial charge in [-0.2, -0.15) is 0 Å². The maximum Gasteiger partial charge on any atom is 0.0737 e. The third-order valence-corrected chi connectivity index (χ3v) is 3.03. The molecule has 1 heteroatoms. The number of allylic oxidation sites excluding steroid dienone is 5. The maximum atomic E-state index is 4.76. The lowest BCUT2D eigenvalue weighted by atomic mass is 9.83. The van der Waals surface area contributed by atoms with E-state index < -0.39 is 0 Å². The smallest absolute Gasteiger partial charge is 0.0737 e. The molecule has 0 amide bonds. The summed E-state index contributed by atoms with van der Waals surface area (Å²) in [5, 5.41) is 0. The van der Waals surface area contributed by atoms with Crippen molar-refractivity contribution in [2.45, 2.75) is 48.0 Å². The molecule has 0 aromatic rings. The molecule has 1 nitrogen and oxygen atoms in total. The van der Waals surface area contributed by atoms with Crippen LogP contribution in [0.25, 0.3) is 0 Å².